The summed E-state index contributed by atoms with van der Waals surface area (Å²) < 4.78 is 11.4. The molecule has 4 nitrogen and oxygen atoms in total. The van der Waals surface area contributed by atoms with Gasteiger partial charge in [0, 0.05) is 11.8 Å². The molecule has 2 aromatic carbocycles. The largest absolute Gasteiger partial charge is 0.494 e. The van der Waals surface area contributed by atoms with Crippen LogP contribution in [-0.4, -0.2) is 18.6 Å². The van der Waals surface area contributed by atoms with Gasteiger partial charge in [-0.1, -0.05) is 31.2 Å². The van der Waals surface area contributed by atoms with E-state index in [1.165, 1.54) is 0 Å². The van der Waals surface area contributed by atoms with Crippen molar-refractivity contribution in [1.29, 1.82) is 0 Å². The molecule has 0 bridgehead atoms. The first-order valence-electron chi connectivity index (χ1n) is 8.28. The van der Waals surface area contributed by atoms with Gasteiger partial charge in [-0.2, -0.15) is 0 Å². The highest BCUT2D eigenvalue weighted by molar-refractivity contribution is 5.94. The van der Waals surface area contributed by atoms with Crippen LogP contribution >= 0.6 is 0 Å². The van der Waals surface area contributed by atoms with Crippen molar-refractivity contribution in [2.24, 2.45) is 0 Å². The SMILES string of the molecule is CCCOc1cccc(NC(=O)C(C)Oc2c(C)cccc2C)c1. The Balaban J connectivity index is 2.01. The predicted molar refractivity (Wildman–Crippen MR) is 96.9 cm³/mol. The topological polar surface area (TPSA) is 47.6 Å². The second-order valence-corrected chi connectivity index (χ2v) is 5.85. The third-order valence-corrected chi connectivity index (χ3v) is 3.65. The van der Waals surface area contributed by atoms with E-state index in [-0.39, 0.29) is 5.91 Å². The Bertz CT molecular complexity index is 677. The number of para-hydroxylation sites is 1. The lowest BCUT2D eigenvalue weighted by atomic mass is 10.1. The monoisotopic (exact) mass is 327 g/mol. The van der Waals surface area contributed by atoms with Crippen LogP contribution in [0.1, 0.15) is 31.4 Å². The zero-order valence-electron chi connectivity index (χ0n) is 14.8. The van der Waals surface area contributed by atoms with Crippen molar-refractivity contribution in [3.63, 3.8) is 0 Å². The first kappa shape index (κ1) is 17.9. The number of hydrogen-bond acceptors (Lipinski definition) is 3. The molecule has 0 aliphatic carbocycles. The van der Waals surface area contributed by atoms with Gasteiger partial charge in [0.05, 0.1) is 6.61 Å². The molecule has 0 fully saturated rings. The molecule has 0 aliphatic heterocycles. The van der Waals surface area contributed by atoms with E-state index in [1.54, 1.807) is 6.92 Å². The number of hydrogen-bond donors (Lipinski definition) is 1. The first-order valence-corrected chi connectivity index (χ1v) is 8.28. The molecule has 0 spiro atoms. The Hall–Kier alpha value is -2.49. The van der Waals surface area contributed by atoms with E-state index >= 15 is 0 Å². The van der Waals surface area contributed by atoms with Gasteiger partial charge in [-0.25, -0.2) is 0 Å². The van der Waals surface area contributed by atoms with Gasteiger partial charge in [0.15, 0.2) is 6.10 Å². The van der Waals surface area contributed by atoms with E-state index in [1.807, 2.05) is 56.3 Å². The fraction of sp³-hybridized carbons (Fsp3) is 0.350. The number of aryl methyl sites for hydroxylation is 2. The van der Waals surface area contributed by atoms with Crippen molar-refractivity contribution in [3.8, 4) is 11.5 Å². The molecule has 1 atom stereocenters. The van der Waals surface area contributed by atoms with E-state index in [9.17, 15) is 4.79 Å². The molecule has 0 saturated heterocycles. The quantitative estimate of drug-likeness (QED) is 0.814. The van der Waals surface area contributed by atoms with E-state index < -0.39 is 6.10 Å². The fourth-order valence-electron chi connectivity index (χ4n) is 2.34. The molecule has 1 unspecified atom stereocenters. The highest BCUT2D eigenvalue weighted by Gasteiger charge is 2.17. The van der Waals surface area contributed by atoms with E-state index in [0.29, 0.717) is 12.3 Å². The predicted octanol–water partition coefficient (Wildman–Crippen LogP) is 4.50. The maximum absolute atomic E-state index is 12.4. The Morgan fingerprint density at radius 1 is 1.12 bits per heavy atom. The molecular weight excluding hydrogens is 302 g/mol. The number of amides is 1. The summed E-state index contributed by atoms with van der Waals surface area (Å²) in [5.74, 6) is 1.32. The van der Waals surface area contributed by atoms with Gasteiger partial charge in [-0.15, -0.1) is 0 Å². The molecule has 0 saturated carbocycles. The second-order valence-electron chi connectivity index (χ2n) is 5.85. The average molecular weight is 327 g/mol. The van der Waals surface area contributed by atoms with Crippen LogP contribution in [0, 0.1) is 13.8 Å². The maximum atomic E-state index is 12.4. The third-order valence-electron chi connectivity index (χ3n) is 3.65. The summed E-state index contributed by atoms with van der Waals surface area (Å²) in [5.41, 5.74) is 2.74. The molecule has 2 aromatic rings. The van der Waals surface area contributed by atoms with Crippen LogP contribution in [0.2, 0.25) is 0 Å². The molecule has 24 heavy (non-hydrogen) atoms. The molecule has 1 amide bonds. The highest BCUT2D eigenvalue weighted by Crippen LogP contribution is 2.24. The number of ether oxygens (including phenoxy) is 2. The molecule has 1 N–H and O–H groups in total. The lowest BCUT2D eigenvalue weighted by Crippen LogP contribution is -2.30. The Labute approximate surface area is 143 Å². The van der Waals surface area contributed by atoms with Gasteiger partial charge in [-0.05, 0) is 50.5 Å². The number of carbonyl (C=O) groups is 1. The van der Waals surface area contributed by atoms with Crippen LogP contribution in [0.5, 0.6) is 11.5 Å². The molecular formula is C20H25NO3. The number of carbonyl (C=O) groups excluding carboxylic acids is 1. The van der Waals surface area contributed by atoms with E-state index in [2.05, 4.69) is 12.2 Å². The van der Waals surface area contributed by atoms with E-state index in [4.69, 9.17) is 9.47 Å². The van der Waals surface area contributed by atoms with Crippen molar-refractivity contribution in [2.75, 3.05) is 11.9 Å². The Kier molecular flexibility index (Phi) is 6.24. The summed E-state index contributed by atoms with van der Waals surface area (Å²) in [6.45, 7) is 8.41. The molecule has 4 heteroatoms. The van der Waals surface area contributed by atoms with Crippen molar-refractivity contribution in [3.05, 3.63) is 53.6 Å². The molecule has 0 aromatic heterocycles. The second kappa shape index (κ2) is 8.39. The summed E-state index contributed by atoms with van der Waals surface area (Å²) in [6, 6.07) is 13.3. The third kappa shape index (κ3) is 4.75. The fourth-order valence-corrected chi connectivity index (χ4v) is 2.34. The minimum atomic E-state index is -0.593. The number of rotatable bonds is 7. The summed E-state index contributed by atoms with van der Waals surface area (Å²) in [6.07, 6.45) is 0.349. The molecule has 2 rings (SSSR count). The lowest BCUT2D eigenvalue weighted by molar-refractivity contribution is -0.122. The Morgan fingerprint density at radius 3 is 2.46 bits per heavy atom. The van der Waals surface area contributed by atoms with Gasteiger partial charge >= 0.3 is 0 Å². The first-order chi connectivity index (χ1) is 11.5. The van der Waals surface area contributed by atoms with Crippen LogP contribution in [-0.2, 0) is 4.79 Å². The zero-order chi connectivity index (χ0) is 17.5. The van der Waals surface area contributed by atoms with Crippen molar-refractivity contribution >= 4 is 11.6 Å². The normalized spacial score (nSPS) is 11.7. The van der Waals surface area contributed by atoms with Crippen molar-refractivity contribution < 1.29 is 14.3 Å². The molecule has 0 aliphatic rings. The standard InChI is InChI=1S/C20H25NO3/c1-5-12-23-18-11-7-10-17(13-18)21-20(22)16(4)24-19-14(2)8-6-9-15(19)3/h6-11,13,16H,5,12H2,1-4H3,(H,21,22). The molecule has 0 radical (unpaired) electrons. The maximum Gasteiger partial charge on any atom is 0.265 e. The highest BCUT2D eigenvalue weighted by atomic mass is 16.5. The minimum absolute atomic E-state index is 0.190. The van der Waals surface area contributed by atoms with Gasteiger partial charge < -0.3 is 14.8 Å². The number of benzene rings is 2. The summed E-state index contributed by atoms with van der Waals surface area (Å²) in [7, 11) is 0. The molecule has 0 heterocycles. The smallest absolute Gasteiger partial charge is 0.265 e. The summed E-state index contributed by atoms with van der Waals surface area (Å²) in [4.78, 5) is 12.4. The van der Waals surface area contributed by atoms with Gasteiger partial charge in [0.2, 0.25) is 0 Å². The Morgan fingerprint density at radius 2 is 1.79 bits per heavy atom. The van der Waals surface area contributed by atoms with Gasteiger partial charge in [0.25, 0.3) is 5.91 Å². The van der Waals surface area contributed by atoms with E-state index in [0.717, 1.165) is 29.0 Å². The van der Waals surface area contributed by atoms with Crippen LogP contribution in [0.3, 0.4) is 0 Å². The lowest BCUT2D eigenvalue weighted by Gasteiger charge is -2.18. The van der Waals surface area contributed by atoms with Crippen molar-refractivity contribution in [2.45, 2.75) is 40.2 Å². The number of anilines is 1. The van der Waals surface area contributed by atoms with Gasteiger partial charge in [-0.3, -0.25) is 4.79 Å². The number of nitrogens with one attached hydrogen (secondary N) is 1. The molecule has 128 valence electrons. The van der Waals surface area contributed by atoms with Crippen LogP contribution in [0.25, 0.3) is 0 Å². The van der Waals surface area contributed by atoms with Crippen LogP contribution < -0.4 is 14.8 Å². The average Bonchev–Trinajstić information content (AvgIpc) is 2.56. The van der Waals surface area contributed by atoms with Gasteiger partial charge in [0.1, 0.15) is 11.5 Å². The van der Waals surface area contributed by atoms with Crippen LogP contribution in [0.4, 0.5) is 5.69 Å². The zero-order valence-corrected chi connectivity index (χ0v) is 14.8. The minimum Gasteiger partial charge on any atom is -0.494 e. The summed E-state index contributed by atoms with van der Waals surface area (Å²) in [5, 5.41) is 2.87. The summed E-state index contributed by atoms with van der Waals surface area (Å²) >= 11 is 0. The van der Waals surface area contributed by atoms with Crippen molar-refractivity contribution in [1.82, 2.24) is 0 Å². The van der Waals surface area contributed by atoms with Crippen LogP contribution in [0.15, 0.2) is 42.5 Å².